The predicted molar refractivity (Wildman–Crippen MR) is 87.6 cm³/mol. The highest BCUT2D eigenvalue weighted by Crippen LogP contribution is 2.37. The summed E-state index contributed by atoms with van der Waals surface area (Å²) in [5.74, 6) is 0.382. The first-order valence-corrected chi connectivity index (χ1v) is 8.10. The third kappa shape index (κ3) is 5.18. The Kier molecular flexibility index (Phi) is 8.28. The first-order valence-electron chi connectivity index (χ1n) is 7.35. The maximum Gasteiger partial charge on any atom is 0.256 e. The van der Waals surface area contributed by atoms with Gasteiger partial charge in [0.1, 0.15) is 0 Å². The highest BCUT2D eigenvalue weighted by atomic mass is 35.5. The molecule has 0 aliphatic heterocycles. The molecule has 0 radical (unpaired) electrons. The Bertz CT molecular complexity index is 482. The molecule has 0 aliphatic carbocycles. The van der Waals surface area contributed by atoms with Crippen LogP contribution in [0.25, 0.3) is 0 Å². The second-order valence-corrected chi connectivity index (χ2v) is 5.46. The van der Waals surface area contributed by atoms with E-state index in [9.17, 15) is 9.59 Å². The molecule has 6 heteroatoms. The maximum absolute atomic E-state index is 11.6. The summed E-state index contributed by atoms with van der Waals surface area (Å²) in [6, 6.07) is 2.86. The molecule has 22 heavy (non-hydrogen) atoms. The van der Waals surface area contributed by atoms with Gasteiger partial charge in [-0.15, -0.1) is 0 Å². The van der Waals surface area contributed by atoms with Gasteiger partial charge in [0.05, 0.1) is 24.3 Å². The fourth-order valence-electron chi connectivity index (χ4n) is 1.80. The molecular weight excluding hydrogens is 327 g/mol. The molecule has 0 saturated carbocycles. The molecule has 0 N–H and O–H groups in total. The number of carbonyl (C=O) groups is 2. The van der Waals surface area contributed by atoms with E-state index >= 15 is 0 Å². The monoisotopic (exact) mass is 346 g/mol. The fourth-order valence-corrected chi connectivity index (χ4v) is 2.09. The van der Waals surface area contributed by atoms with E-state index in [4.69, 9.17) is 32.7 Å². The smallest absolute Gasteiger partial charge is 0.256 e. The number of benzene rings is 1. The molecule has 0 unspecified atom stereocenters. The summed E-state index contributed by atoms with van der Waals surface area (Å²) in [4.78, 5) is 23.1. The number of carbonyl (C=O) groups excluding carboxylic acids is 2. The van der Waals surface area contributed by atoms with Gasteiger partial charge in [-0.05, 0) is 48.2 Å². The molecule has 0 aliphatic rings. The summed E-state index contributed by atoms with van der Waals surface area (Å²) in [5.41, 5.74) is 0.344. The van der Waals surface area contributed by atoms with E-state index in [2.05, 4.69) is 0 Å². The van der Waals surface area contributed by atoms with Crippen molar-refractivity contribution in [2.75, 3.05) is 13.2 Å². The second-order valence-electron chi connectivity index (χ2n) is 4.77. The molecule has 0 fully saturated rings. The van der Waals surface area contributed by atoms with Crippen LogP contribution < -0.4 is 9.47 Å². The second kappa shape index (κ2) is 9.70. The quantitative estimate of drug-likeness (QED) is 0.451. The molecule has 0 heterocycles. The van der Waals surface area contributed by atoms with Crippen LogP contribution in [0.2, 0.25) is 0 Å². The summed E-state index contributed by atoms with van der Waals surface area (Å²) in [7, 11) is 0. The van der Waals surface area contributed by atoms with Gasteiger partial charge < -0.3 is 9.47 Å². The topological polar surface area (TPSA) is 52.6 Å². The number of halogens is 2. The van der Waals surface area contributed by atoms with Crippen LogP contribution in [0.5, 0.6) is 11.5 Å². The SMILES string of the molecule is CCCCOc1c(C(=O)Cl)ccc(C(=O)Cl)c1OCCCC. The first-order chi connectivity index (χ1) is 10.5. The summed E-state index contributed by atoms with van der Waals surface area (Å²) in [5, 5.41) is -1.33. The van der Waals surface area contributed by atoms with Crippen LogP contribution in [0.1, 0.15) is 60.2 Å². The third-order valence-electron chi connectivity index (χ3n) is 3.02. The molecule has 0 aromatic heterocycles. The van der Waals surface area contributed by atoms with E-state index in [1.54, 1.807) is 0 Å². The average Bonchev–Trinajstić information content (AvgIpc) is 2.47. The van der Waals surface area contributed by atoms with Gasteiger partial charge in [0.2, 0.25) is 0 Å². The zero-order chi connectivity index (χ0) is 16.5. The van der Waals surface area contributed by atoms with E-state index in [1.165, 1.54) is 12.1 Å². The van der Waals surface area contributed by atoms with Crippen molar-refractivity contribution >= 4 is 33.7 Å². The molecular formula is C16H20Cl2O4. The standard InChI is InChI=1S/C16H20Cl2O4/c1-3-5-9-21-13-11(15(17)19)7-8-12(16(18)20)14(13)22-10-6-4-2/h7-8H,3-6,9-10H2,1-2H3. The van der Waals surface area contributed by atoms with Crippen LogP contribution in [-0.2, 0) is 0 Å². The van der Waals surface area contributed by atoms with Crippen molar-refractivity contribution in [3.05, 3.63) is 23.3 Å². The van der Waals surface area contributed by atoms with Crippen molar-refractivity contribution in [3.8, 4) is 11.5 Å². The first kappa shape index (κ1) is 18.8. The Morgan fingerprint density at radius 3 is 1.50 bits per heavy atom. The Balaban J connectivity index is 3.24. The van der Waals surface area contributed by atoms with Crippen LogP contribution in [0, 0.1) is 0 Å². The highest BCUT2D eigenvalue weighted by Gasteiger charge is 2.22. The third-order valence-corrected chi connectivity index (χ3v) is 3.43. The number of ether oxygens (including phenoxy) is 2. The van der Waals surface area contributed by atoms with Crippen molar-refractivity contribution in [1.29, 1.82) is 0 Å². The Labute approximate surface area is 140 Å². The van der Waals surface area contributed by atoms with Crippen LogP contribution >= 0.6 is 23.2 Å². The van der Waals surface area contributed by atoms with Gasteiger partial charge in [0, 0.05) is 0 Å². The van der Waals surface area contributed by atoms with E-state index in [0.717, 1.165) is 25.7 Å². The number of hydrogen-bond donors (Lipinski definition) is 0. The van der Waals surface area contributed by atoms with E-state index in [0.29, 0.717) is 13.2 Å². The minimum absolute atomic E-state index is 0.172. The van der Waals surface area contributed by atoms with Gasteiger partial charge >= 0.3 is 0 Å². The average molecular weight is 347 g/mol. The zero-order valence-corrected chi connectivity index (χ0v) is 14.3. The Hall–Kier alpha value is -1.26. The van der Waals surface area contributed by atoms with Crippen LogP contribution in [0.3, 0.4) is 0 Å². The summed E-state index contributed by atoms with van der Waals surface area (Å²) >= 11 is 11.2. The van der Waals surface area contributed by atoms with Gasteiger partial charge in [-0.2, -0.15) is 0 Å². The Morgan fingerprint density at radius 2 is 1.23 bits per heavy atom. The highest BCUT2D eigenvalue weighted by molar-refractivity contribution is 6.69. The molecule has 4 nitrogen and oxygen atoms in total. The minimum atomic E-state index is -0.666. The lowest BCUT2D eigenvalue weighted by Crippen LogP contribution is -2.09. The van der Waals surface area contributed by atoms with Gasteiger partial charge in [-0.3, -0.25) is 9.59 Å². The van der Waals surface area contributed by atoms with E-state index in [1.807, 2.05) is 13.8 Å². The summed E-state index contributed by atoms with van der Waals surface area (Å²) < 4.78 is 11.3. The number of unbranched alkanes of at least 4 members (excludes halogenated alkanes) is 2. The van der Waals surface area contributed by atoms with Crippen molar-refractivity contribution in [2.45, 2.75) is 39.5 Å². The molecule has 0 bridgehead atoms. The lowest BCUT2D eigenvalue weighted by molar-refractivity contribution is 0.106. The van der Waals surface area contributed by atoms with E-state index in [-0.39, 0.29) is 22.6 Å². The molecule has 0 amide bonds. The van der Waals surface area contributed by atoms with Gasteiger partial charge in [0.15, 0.2) is 11.5 Å². The van der Waals surface area contributed by atoms with Crippen molar-refractivity contribution < 1.29 is 19.1 Å². The lowest BCUT2D eigenvalue weighted by Gasteiger charge is -2.17. The molecule has 0 atom stereocenters. The van der Waals surface area contributed by atoms with Gasteiger partial charge in [-0.25, -0.2) is 0 Å². The lowest BCUT2D eigenvalue weighted by atomic mass is 10.1. The van der Waals surface area contributed by atoms with Gasteiger partial charge in [0.25, 0.3) is 10.5 Å². The molecule has 1 rings (SSSR count). The summed E-state index contributed by atoms with van der Waals surface area (Å²) in [6.45, 7) is 4.85. The molecule has 0 spiro atoms. The minimum Gasteiger partial charge on any atom is -0.489 e. The number of hydrogen-bond acceptors (Lipinski definition) is 4. The predicted octanol–water partition coefficient (Wildman–Crippen LogP) is 4.80. The van der Waals surface area contributed by atoms with Crippen LogP contribution in [0.4, 0.5) is 0 Å². The van der Waals surface area contributed by atoms with Crippen molar-refractivity contribution in [1.82, 2.24) is 0 Å². The van der Waals surface area contributed by atoms with E-state index < -0.39 is 10.5 Å². The number of rotatable bonds is 10. The van der Waals surface area contributed by atoms with Crippen molar-refractivity contribution in [3.63, 3.8) is 0 Å². The van der Waals surface area contributed by atoms with Crippen LogP contribution in [-0.4, -0.2) is 23.7 Å². The van der Waals surface area contributed by atoms with Gasteiger partial charge in [-0.1, -0.05) is 26.7 Å². The normalized spacial score (nSPS) is 10.4. The maximum atomic E-state index is 11.6. The van der Waals surface area contributed by atoms with Crippen LogP contribution in [0.15, 0.2) is 12.1 Å². The molecule has 122 valence electrons. The largest absolute Gasteiger partial charge is 0.489 e. The fraction of sp³-hybridized carbons (Fsp3) is 0.500. The van der Waals surface area contributed by atoms with Crippen molar-refractivity contribution in [2.24, 2.45) is 0 Å². The summed E-state index contributed by atoms with van der Waals surface area (Å²) in [6.07, 6.45) is 3.49. The zero-order valence-electron chi connectivity index (χ0n) is 12.8. The Morgan fingerprint density at radius 1 is 0.864 bits per heavy atom. The molecule has 0 saturated heterocycles. The molecule has 1 aromatic rings. The molecule has 1 aromatic carbocycles.